The van der Waals surface area contributed by atoms with Gasteiger partial charge in [-0.2, -0.15) is 0 Å². The highest BCUT2D eigenvalue weighted by atomic mass is 19.1. The maximum absolute atomic E-state index is 13.0. The Morgan fingerprint density at radius 3 is 2.63 bits per heavy atom. The summed E-state index contributed by atoms with van der Waals surface area (Å²) in [5.74, 6) is 0.726. The molecule has 2 fully saturated rings. The molecule has 0 spiro atoms. The molecule has 160 valence electrons. The predicted octanol–water partition coefficient (Wildman–Crippen LogP) is 4.37. The first-order valence-electron chi connectivity index (χ1n) is 11.2. The van der Waals surface area contributed by atoms with Crippen LogP contribution in [0.25, 0.3) is 0 Å². The number of halogens is 1. The van der Waals surface area contributed by atoms with Crippen LogP contribution in [0.5, 0.6) is 0 Å². The van der Waals surface area contributed by atoms with Gasteiger partial charge in [-0.05, 0) is 56.8 Å². The van der Waals surface area contributed by atoms with Crippen LogP contribution in [-0.4, -0.2) is 39.9 Å². The minimum atomic E-state index is -0.283. The zero-order valence-electron chi connectivity index (χ0n) is 17.7. The number of rotatable bonds is 5. The number of likely N-dealkylation sites (tertiary alicyclic amines) is 1. The highest BCUT2D eigenvalue weighted by Gasteiger charge is 2.29. The van der Waals surface area contributed by atoms with Crippen molar-refractivity contribution in [2.45, 2.75) is 70.4 Å². The zero-order chi connectivity index (χ0) is 20.9. The molecule has 1 aromatic carbocycles. The molecule has 0 radical (unpaired) electrons. The number of aryl methyl sites for hydroxylation is 1. The second-order valence-corrected chi connectivity index (χ2v) is 8.66. The Morgan fingerprint density at radius 2 is 1.90 bits per heavy atom. The second-order valence-electron chi connectivity index (χ2n) is 8.66. The van der Waals surface area contributed by atoms with E-state index in [0.717, 1.165) is 30.4 Å². The van der Waals surface area contributed by atoms with E-state index in [4.69, 9.17) is 4.98 Å². The largest absolute Gasteiger partial charge is 0.348 e. The monoisotopic (exact) mass is 410 g/mol. The van der Waals surface area contributed by atoms with Gasteiger partial charge in [0.1, 0.15) is 11.6 Å². The summed E-state index contributed by atoms with van der Waals surface area (Å²) in [6.45, 7) is 4.43. The van der Waals surface area contributed by atoms with Gasteiger partial charge in [-0.15, -0.1) is 0 Å². The average molecular weight is 411 g/mol. The number of piperidine rings is 1. The van der Waals surface area contributed by atoms with E-state index < -0.39 is 0 Å². The Kier molecular flexibility index (Phi) is 6.72. The van der Waals surface area contributed by atoms with Crippen LogP contribution >= 0.6 is 0 Å². The highest BCUT2D eigenvalue weighted by Crippen LogP contribution is 2.30. The molecule has 1 N–H and O–H groups in total. The summed E-state index contributed by atoms with van der Waals surface area (Å²) in [7, 11) is 0. The summed E-state index contributed by atoms with van der Waals surface area (Å²) < 4.78 is 13.0. The quantitative estimate of drug-likeness (QED) is 0.795. The lowest BCUT2D eigenvalue weighted by molar-refractivity contribution is 0.0949. The van der Waals surface area contributed by atoms with Crippen LogP contribution < -0.4 is 5.32 Å². The van der Waals surface area contributed by atoms with Crippen LogP contribution in [-0.2, 0) is 6.54 Å². The lowest BCUT2D eigenvalue weighted by Crippen LogP contribution is -2.43. The number of benzene rings is 1. The summed E-state index contributed by atoms with van der Waals surface area (Å²) in [4.78, 5) is 24.5. The fourth-order valence-corrected chi connectivity index (χ4v) is 4.78. The number of carbonyl (C=O) groups excluding carboxylic acids is 1. The van der Waals surface area contributed by atoms with E-state index in [1.165, 1.54) is 57.2 Å². The fraction of sp³-hybridized carbons (Fsp3) is 0.542. The second kappa shape index (κ2) is 9.65. The number of nitrogens with zero attached hydrogens (tertiary/aromatic N) is 3. The minimum Gasteiger partial charge on any atom is -0.348 e. The molecule has 2 aliphatic rings. The smallest absolute Gasteiger partial charge is 0.254 e. The molecule has 1 saturated carbocycles. The van der Waals surface area contributed by atoms with E-state index in [-0.39, 0.29) is 11.7 Å². The van der Waals surface area contributed by atoms with Crippen molar-refractivity contribution in [2.24, 2.45) is 0 Å². The molecule has 1 aromatic heterocycles. The topological polar surface area (TPSA) is 58.1 Å². The van der Waals surface area contributed by atoms with Crippen molar-refractivity contribution in [3.63, 3.8) is 0 Å². The van der Waals surface area contributed by atoms with Crippen molar-refractivity contribution in [1.82, 2.24) is 20.2 Å². The fourth-order valence-electron chi connectivity index (χ4n) is 4.78. The first-order valence-corrected chi connectivity index (χ1v) is 11.2. The third-order valence-corrected chi connectivity index (χ3v) is 6.52. The van der Waals surface area contributed by atoms with Crippen LogP contribution in [0, 0.1) is 12.7 Å². The first kappa shape index (κ1) is 20.9. The van der Waals surface area contributed by atoms with Crippen molar-refractivity contribution in [3.8, 4) is 0 Å². The number of carbonyl (C=O) groups is 1. The molecule has 1 amide bonds. The lowest BCUT2D eigenvalue weighted by Gasteiger charge is -2.39. The van der Waals surface area contributed by atoms with Crippen molar-refractivity contribution in [3.05, 3.63) is 58.9 Å². The summed E-state index contributed by atoms with van der Waals surface area (Å²) >= 11 is 0. The third-order valence-electron chi connectivity index (χ3n) is 6.52. The van der Waals surface area contributed by atoms with E-state index >= 15 is 0 Å². The summed E-state index contributed by atoms with van der Waals surface area (Å²) in [5, 5.41) is 2.87. The van der Waals surface area contributed by atoms with Gasteiger partial charge in [-0.25, -0.2) is 14.4 Å². The van der Waals surface area contributed by atoms with Gasteiger partial charge in [0.05, 0.1) is 11.3 Å². The van der Waals surface area contributed by atoms with Gasteiger partial charge >= 0.3 is 0 Å². The predicted molar refractivity (Wildman–Crippen MR) is 115 cm³/mol. The Hall–Kier alpha value is -2.34. The van der Waals surface area contributed by atoms with Gasteiger partial charge < -0.3 is 5.32 Å². The lowest BCUT2D eigenvalue weighted by atomic mass is 9.90. The Labute approximate surface area is 178 Å². The van der Waals surface area contributed by atoms with Crippen molar-refractivity contribution in [2.75, 3.05) is 13.1 Å². The molecule has 1 unspecified atom stereocenters. The van der Waals surface area contributed by atoms with Gasteiger partial charge in [0.15, 0.2) is 0 Å². The van der Waals surface area contributed by atoms with Gasteiger partial charge in [0, 0.05) is 31.2 Å². The van der Waals surface area contributed by atoms with Crippen molar-refractivity contribution in [1.29, 1.82) is 0 Å². The molecule has 1 aliphatic heterocycles. The zero-order valence-corrected chi connectivity index (χ0v) is 17.7. The van der Waals surface area contributed by atoms with Crippen LogP contribution in [0.2, 0.25) is 0 Å². The van der Waals surface area contributed by atoms with Gasteiger partial charge in [-0.1, -0.05) is 31.4 Å². The first-order chi connectivity index (χ1) is 14.6. The van der Waals surface area contributed by atoms with E-state index in [0.29, 0.717) is 23.7 Å². The number of nitrogens with one attached hydrogen (secondary N) is 1. The molecule has 1 aliphatic carbocycles. The minimum absolute atomic E-state index is 0.198. The Bertz CT molecular complexity index is 864. The number of hydrogen-bond donors (Lipinski definition) is 1. The SMILES string of the molecule is Cc1nc(C2CCCN(C3CCCCC3)C2)ncc1C(=O)NCc1ccc(F)cc1. The maximum atomic E-state index is 13.0. The maximum Gasteiger partial charge on any atom is 0.254 e. The van der Waals surface area contributed by atoms with Crippen LogP contribution in [0.15, 0.2) is 30.5 Å². The van der Waals surface area contributed by atoms with Gasteiger partial charge in [-0.3, -0.25) is 9.69 Å². The molecular formula is C24H31FN4O. The number of amides is 1. The molecule has 0 bridgehead atoms. The molecule has 1 saturated heterocycles. The van der Waals surface area contributed by atoms with Crippen molar-refractivity contribution < 1.29 is 9.18 Å². The van der Waals surface area contributed by atoms with Gasteiger partial charge in [0.2, 0.25) is 0 Å². The highest BCUT2D eigenvalue weighted by molar-refractivity contribution is 5.94. The molecule has 5 nitrogen and oxygen atoms in total. The van der Waals surface area contributed by atoms with E-state index in [2.05, 4.69) is 15.2 Å². The third kappa shape index (κ3) is 5.04. The summed E-state index contributed by atoms with van der Waals surface area (Å²) in [5.41, 5.74) is 2.07. The average Bonchev–Trinajstić information content (AvgIpc) is 2.79. The summed E-state index contributed by atoms with van der Waals surface area (Å²) in [6, 6.07) is 6.85. The molecule has 2 aromatic rings. The number of hydrogen-bond acceptors (Lipinski definition) is 4. The molecular weight excluding hydrogens is 379 g/mol. The van der Waals surface area contributed by atoms with E-state index in [1.807, 2.05) is 6.92 Å². The molecule has 4 rings (SSSR count). The Morgan fingerprint density at radius 1 is 1.13 bits per heavy atom. The van der Waals surface area contributed by atoms with Gasteiger partial charge in [0.25, 0.3) is 5.91 Å². The van der Waals surface area contributed by atoms with E-state index in [9.17, 15) is 9.18 Å². The normalized spacial score (nSPS) is 20.8. The van der Waals surface area contributed by atoms with Crippen molar-refractivity contribution >= 4 is 5.91 Å². The van der Waals surface area contributed by atoms with Crippen LogP contribution in [0.4, 0.5) is 4.39 Å². The summed E-state index contributed by atoms with van der Waals surface area (Å²) in [6.07, 6.45) is 10.7. The van der Waals surface area contributed by atoms with E-state index in [1.54, 1.807) is 18.3 Å². The number of aromatic nitrogens is 2. The molecule has 1 atom stereocenters. The molecule has 2 heterocycles. The Balaban J connectivity index is 1.38. The van der Waals surface area contributed by atoms with Crippen LogP contribution in [0.1, 0.15) is 78.3 Å². The standard InChI is InChI=1S/C24H31FN4O/c1-17-22(24(30)27-14-18-9-11-20(25)12-10-18)15-26-23(28-17)19-6-5-13-29(16-19)21-7-3-2-4-8-21/h9-12,15,19,21H,2-8,13-14,16H2,1H3,(H,27,30). The molecule has 30 heavy (non-hydrogen) atoms. The molecule has 6 heteroatoms. The van der Waals surface area contributed by atoms with Crippen LogP contribution in [0.3, 0.4) is 0 Å².